The van der Waals surface area contributed by atoms with Gasteiger partial charge in [-0.25, -0.2) is 5.43 Å². The minimum absolute atomic E-state index is 0.0979. The van der Waals surface area contributed by atoms with Crippen LogP contribution in [0.1, 0.15) is 29.9 Å². The largest absolute Gasteiger partial charge is 0.507 e. The lowest BCUT2D eigenvalue weighted by molar-refractivity contribution is 0.0950. The molecule has 0 aliphatic carbocycles. The third-order valence-electron chi connectivity index (χ3n) is 4.72. The summed E-state index contributed by atoms with van der Waals surface area (Å²) in [4.78, 5) is 14.4. The topological polar surface area (TPSA) is 103 Å². The molecule has 0 unspecified atom stereocenters. The molecule has 8 heteroatoms. The maximum Gasteiger partial charge on any atom is 0.289 e. The second kappa shape index (κ2) is 9.60. The van der Waals surface area contributed by atoms with Gasteiger partial charge in [-0.3, -0.25) is 9.89 Å². The Kier molecular flexibility index (Phi) is 6.69. The van der Waals surface area contributed by atoms with Crippen molar-refractivity contribution in [2.45, 2.75) is 13.8 Å². The zero-order valence-electron chi connectivity index (χ0n) is 17.2. The number of methoxy groups -OCH3 is 1. The predicted octanol–water partition coefficient (Wildman–Crippen LogP) is 3.40. The number of phenolic OH excluding ortho intramolecular Hbond substituents is 1. The van der Waals surface area contributed by atoms with E-state index in [1.54, 1.807) is 25.3 Å². The van der Waals surface area contributed by atoms with E-state index in [-0.39, 0.29) is 11.4 Å². The summed E-state index contributed by atoms with van der Waals surface area (Å²) in [5.74, 6) is 0.411. The van der Waals surface area contributed by atoms with Crippen LogP contribution in [0.25, 0.3) is 11.3 Å². The summed E-state index contributed by atoms with van der Waals surface area (Å²) in [5, 5.41) is 21.0. The van der Waals surface area contributed by atoms with Crippen LogP contribution < -0.4 is 15.1 Å². The second-order valence-electron chi connectivity index (χ2n) is 6.51. The molecule has 1 heterocycles. The van der Waals surface area contributed by atoms with Gasteiger partial charge in [-0.1, -0.05) is 0 Å². The Morgan fingerprint density at radius 3 is 2.57 bits per heavy atom. The highest BCUT2D eigenvalue weighted by Crippen LogP contribution is 2.24. The van der Waals surface area contributed by atoms with Crippen LogP contribution in [-0.2, 0) is 0 Å². The Hall–Kier alpha value is -3.81. The van der Waals surface area contributed by atoms with Gasteiger partial charge >= 0.3 is 0 Å². The van der Waals surface area contributed by atoms with E-state index in [9.17, 15) is 9.90 Å². The number of rotatable bonds is 8. The molecule has 0 radical (unpaired) electrons. The molecular weight excluding hydrogens is 382 g/mol. The number of ether oxygens (including phenoxy) is 1. The van der Waals surface area contributed by atoms with Crippen molar-refractivity contribution in [1.29, 1.82) is 0 Å². The quantitative estimate of drug-likeness (QED) is 0.392. The number of anilines is 1. The van der Waals surface area contributed by atoms with Crippen LogP contribution in [0.4, 0.5) is 5.69 Å². The SMILES string of the molecule is CCN(CC)c1ccc(/C=N\NC(=O)c2cc(-c3ccc(OC)cc3)n[nH]2)c(O)c1. The zero-order valence-corrected chi connectivity index (χ0v) is 17.2. The summed E-state index contributed by atoms with van der Waals surface area (Å²) in [7, 11) is 1.60. The second-order valence-corrected chi connectivity index (χ2v) is 6.51. The lowest BCUT2D eigenvalue weighted by atomic mass is 10.1. The van der Waals surface area contributed by atoms with Crippen molar-refractivity contribution < 1.29 is 14.6 Å². The van der Waals surface area contributed by atoms with E-state index in [4.69, 9.17) is 4.74 Å². The molecule has 3 N–H and O–H groups in total. The normalized spacial score (nSPS) is 10.9. The Labute approximate surface area is 175 Å². The fraction of sp³-hybridized carbons (Fsp3) is 0.227. The number of carbonyl (C=O) groups is 1. The van der Waals surface area contributed by atoms with Crippen LogP contribution in [0.5, 0.6) is 11.5 Å². The lowest BCUT2D eigenvalue weighted by Gasteiger charge is -2.21. The van der Waals surface area contributed by atoms with Gasteiger partial charge in [0.15, 0.2) is 0 Å². The molecule has 3 aromatic rings. The number of phenols is 1. The summed E-state index contributed by atoms with van der Waals surface area (Å²) < 4.78 is 5.14. The molecule has 0 atom stereocenters. The fourth-order valence-corrected chi connectivity index (χ4v) is 3.00. The fourth-order valence-electron chi connectivity index (χ4n) is 3.00. The number of aromatic nitrogens is 2. The van der Waals surface area contributed by atoms with Gasteiger partial charge in [-0.2, -0.15) is 10.2 Å². The molecule has 0 aliphatic rings. The van der Waals surface area contributed by atoms with Crippen molar-refractivity contribution in [3.05, 3.63) is 59.8 Å². The summed E-state index contributed by atoms with van der Waals surface area (Å²) in [6, 6.07) is 14.4. The average molecular weight is 407 g/mol. The van der Waals surface area contributed by atoms with E-state index in [1.165, 1.54) is 6.21 Å². The van der Waals surface area contributed by atoms with Crippen molar-refractivity contribution >= 4 is 17.8 Å². The predicted molar refractivity (Wildman–Crippen MR) is 117 cm³/mol. The number of nitrogens with one attached hydrogen (secondary N) is 2. The minimum Gasteiger partial charge on any atom is -0.507 e. The zero-order chi connectivity index (χ0) is 21.5. The number of benzene rings is 2. The lowest BCUT2D eigenvalue weighted by Crippen LogP contribution is -2.21. The van der Waals surface area contributed by atoms with E-state index < -0.39 is 5.91 Å². The molecule has 0 fully saturated rings. The summed E-state index contributed by atoms with van der Waals surface area (Å²) in [6.07, 6.45) is 1.40. The monoisotopic (exact) mass is 407 g/mol. The minimum atomic E-state index is -0.433. The number of nitrogens with zero attached hydrogens (tertiary/aromatic N) is 3. The molecule has 30 heavy (non-hydrogen) atoms. The number of hydrogen-bond donors (Lipinski definition) is 3. The van der Waals surface area contributed by atoms with E-state index >= 15 is 0 Å². The van der Waals surface area contributed by atoms with Crippen molar-refractivity contribution in [1.82, 2.24) is 15.6 Å². The molecule has 156 valence electrons. The molecule has 0 saturated carbocycles. The first-order valence-corrected chi connectivity index (χ1v) is 9.66. The first-order valence-electron chi connectivity index (χ1n) is 9.66. The maximum absolute atomic E-state index is 12.3. The Balaban J connectivity index is 1.64. The van der Waals surface area contributed by atoms with E-state index in [0.29, 0.717) is 11.3 Å². The van der Waals surface area contributed by atoms with E-state index in [2.05, 4.69) is 39.5 Å². The first kappa shape index (κ1) is 20.9. The van der Waals surface area contributed by atoms with Gasteiger partial charge in [0.05, 0.1) is 19.0 Å². The third-order valence-corrected chi connectivity index (χ3v) is 4.72. The van der Waals surface area contributed by atoms with Crippen molar-refractivity contribution in [3.63, 3.8) is 0 Å². The summed E-state index contributed by atoms with van der Waals surface area (Å²) >= 11 is 0. The van der Waals surface area contributed by atoms with Gasteiger partial charge in [0.25, 0.3) is 5.91 Å². The number of hydrazone groups is 1. The van der Waals surface area contributed by atoms with E-state index in [1.807, 2.05) is 30.3 Å². The van der Waals surface area contributed by atoms with Crippen molar-refractivity contribution in [2.24, 2.45) is 5.10 Å². The van der Waals surface area contributed by atoms with Crippen LogP contribution >= 0.6 is 0 Å². The highest BCUT2D eigenvalue weighted by Gasteiger charge is 2.11. The van der Waals surface area contributed by atoms with Gasteiger partial charge in [0, 0.05) is 36.0 Å². The molecule has 0 saturated heterocycles. The highest BCUT2D eigenvalue weighted by molar-refractivity contribution is 5.94. The van der Waals surface area contributed by atoms with Crippen LogP contribution in [0.15, 0.2) is 53.6 Å². The molecule has 0 bridgehead atoms. The summed E-state index contributed by atoms with van der Waals surface area (Å²) in [5.41, 5.74) is 5.64. The third kappa shape index (κ3) is 4.78. The van der Waals surface area contributed by atoms with Gasteiger partial charge in [0.1, 0.15) is 17.2 Å². The van der Waals surface area contributed by atoms with Crippen LogP contribution in [0, 0.1) is 0 Å². The number of aromatic hydroxyl groups is 1. The standard InChI is InChI=1S/C22H25N5O3/c1-4-27(5-2)17-9-6-16(21(28)12-17)14-23-26-22(29)20-13-19(24-25-20)15-7-10-18(30-3)11-8-15/h6-14,28H,4-5H2,1-3H3,(H,24,25)(H,26,29)/b23-14-. The number of carbonyl (C=O) groups excluding carboxylic acids is 1. The highest BCUT2D eigenvalue weighted by atomic mass is 16.5. The first-order chi connectivity index (χ1) is 14.5. The van der Waals surface area contributed by atoms with Crippen LogP contribution in [-0.4, -0.2) is 47.6 Å². The Bertz CT molecular complexity index is 1020. The number of hydrogen-bond acceptors (Lipinski definition) is 6. The molecule has 0 spiro atoms. The molecule has 8 nitrogen and oxygen atoms in total. The molecule has 1 aromatic heterocycles. The molecule has 0 aliphatic heterocycles. The van der Waals surface area contributed by atoms with Crippen LogP contribution in [0.2, 0.25) is 0 Å². The molecule has 1 amide bonds. The average Bonchev–Trinajstić information content (AvgIpc) is 3.26. The summed E-state index contributed by atoms with van der Waals surface area (Å²) in [6.45, 7) is 5.81. The number of amides is 1. The number of H-pyrrole nitrogens is 1. The van der Waals surface area contributed by atoms with Gasteiger partial charge in [-0.05, 0) is 56.3 Å². The Morgan fingerprint density at radius 1 is 1.20 bits per heavy atom. The molecule has 2 aromatic carbocycles. The molecular formula is C22H25N5O3. The van der Waals surface area contributed by atoms with Gasteiger partial charge in [-0.15, -0.1) is 0 Å². The van der Waals surface area contributed by atoms with Gasteiger partial charge in [0.2, 0.25) is 0 Å². The van der Waals surface area contributed by atoms with Gasteiger partial charge < -0.3 is 14.7 Å². The van der Waals surface area contributed by atoms with Crippen molar-refractivity contribution in [3.8, 4) is 22.8 Å². The van der Waals surface area contributed by atoms with E-state index in [0.717, 1.165) is 30.1 Å². The Morgan fingerprint density at radius 2 is 1.93 bits per heavy atom. The number of aromatic amines is 1. The van der Waals surface area contributed by atoms with Crippen molar-refractivity contribution in [2.75, 3.05) is 25.1 Å². The maximum atomic E-state index is 12.3. The molecule has 3 rings (SSSR count). The smallest absolute Gasteiger partial charge is 0.289 e. The van der Waals surface area contributed by atoms with Crippen LogP contribution in [0.3, 0.4) is 0 Å².